The predicted molar refractivity (Wildman–Crippen MR) is 117 cm³/mol. The first kappa shape index (κ1) is 20.0. The van der Waals surface area contributed by atoms with Gasteiger partial charge in [-0.2, -0.15) is 0 Å². The first-order chi connectivity index (χ1) is 14.8. The van der Waals surface area contributed by atoms with Crippen LogP contribution in [-0.4, -0.2) is 50.6 Å². The van der Waals surface area contributed by atoms with E-state index in [4.69, 9.17) is 9.15 Å². The van der Waals surface area contributed by atoms with Crippen molar-refractivity contribution in [3.05, 3.63) is 84.3 Å². The molecule has 2 aromatic carbocycles. The van der Waals surface area contributed by atoms with Crippen LogP contribution in [0.15, 0.2) is 77.4 Å². The number of methoxy groups -OCH3 is 1. The Kier molecular flexibility index (Phi) is 6.35. The van der Waals surface area contributed by atoms with Crippen molar-refractivity contribution in [3.8, 4) is 5.75 Å². The molecule has 3 aromatic rings. The summed E-state index contributed by atoms with van der Waals surface area (Å²) in [5, 5.41) is 3.38. The average Bonchev–Trinajstić information content (AvgIpc) is 3.34. The summed E-state index contributed by atoms with van der Waals surface area (Å²) >= 11 is 0. The summed E-state index contributed by atoms with van der Waals surface area (Å²) in [6.07, 6.45) is 1.66. The lowest BCUT2D eigenvalue weighted by atomic mass is 10.0. The maximum atomic E-state index is 12.9. The van der Waals surface area contributed by atoms with E-state index in [-0.39, 0.29) is 18.5 Å². The lowest BCUT2D eigenvalue weighted by Gasteiger charge is -2.36. The SMILES string of the molecule is COc1ccccc1N1CCN(C(=O)CN[C@@H](c2ccccc2)c2ccco2)CC1. The zero-order valence-corrected chi connectivity index (χ0v) is 17.2. The predicted octanol–water partition coefficient (Wildman–Crippen LogP) is 3.32. The van der Waals surface area contributed by atoms with Crippen molar-refractivity contribution >= 4 is 11.6 Å². The van der Waals surface area contributed by atoms with Gasteiger partial charge in [0.15, 0.2) is 0 Å². The molecule has 0 saturated carbocycles. The molecule has 30 heavy (non-hydrogen) atoms. The molecule has 0 aliphatic carbocycles. The van der Waals surface area contributed by atoms with Gasteiger partial charge in [0.1, 0.15) is 11.5 Å². The molecule has 1 aliphatic heterocycles. The molecular formula is C24H27N3O3. The van der Waals surface area contributed by atoms with Crippen molar-refractivity contribution in [2.75, 3.05) is 44.7 Å². The Bertz CT molecular complexity index is 935. The molecule has 1 aliphatic rings. The van der Waals surface area contributed by atoms with Gasteiger partial charge < -0.3 is 19.0 Å². The van der Waals surface area contributed by atoms with E-state index in [1.807, 2.05) is 65.6 Å². The number of anilines is 1. The van der Waals surface area contributed by atoms with E-state index in [0.29, 0.717) is 13.1 Å². The number of ether oxygens (including phenoxy) is 1. The zero-order valence-electron chi connectivity index (χ0n) is 17.2. The van der Waals surface area contributed by atoms with E-state index in [1.165, 1.54) is 0 Å². The van der Waals surface area contributed by atoms with Gasteiger partial charge in [-0.15, -0.1) is 0 Å². The summed E-state index contributed by atoms with van der Waals surface area (Å²) in [6.45, 7) is 3.21. The Balaban J connectivity index is 1.35. The summed E-state index contributed by atoms with van der Waals surface area (Å²) in [7, 11) is 1.69. The third-order valence-corrected chi connectivity index (χ3v) is 5.48. The monoisotopic (exact) mass is 405 g/mol. The Morgan fingerprint density at radius 3 is 2.43 bits per heavy atom. The third-order valence-electron chi connectivity index (χ3n) is 5.48. The van der Waals surface area contributed by atoms with Crippen molar-refractivity contribution < 1.29 is 13.9 Å². The number of amides is 1. The molecule has 156 valence electrons. The minimum Gasteiger partial charge on any atom is -0.495 e. The maximum absolute atomic E-state index is 12.9. The van der Waals surface area contributed by atoms with Crippen LogP contribution in [0.1, 0.15) is 17.4 Å². The number of nitrogens with one attached hydrogen (secondary N) is 1. The number of carbonyl (C=O) groups excluding carboxylic acids is 1. The van der Waals surface area contributed by atoms with E-state index in [2.05, 4.69) is 16.3 Å². The highest BCUT2D eigenvalue weighted by atomic mass is 16.5. The first-order valence-corrected chi connectivity index (χ1v) is 10.2. The van der Waals surface area contributed by atoms with E-state index in [0.717, 1.165) is 35.9 Å². The fourth-order valence-corrected chi connectivity index (χ4v) is 3.87. The highest BCUT2D eigenvalue weighted by molar-refractivity contribution is 5.78. The van der Waals surface area contributed by atoms with Gasteiger partial charge in [0.25, 0.3) is 0 Å². The highest BCUT2D eigenvalue weighted by Gasteiger charge is 2.24. The zero-order chi connectivity index (χ0) is 20.8. The molecule has 6 heteroatoms. The van der Waals surface area contributed by atoms with Crippen molar-refractivity contribution in [1.82, 2.24) is 10.2 Å². The van der Waals surface area contributed by atoms with Crippen LogP contribution in [0.3, 0.4) is 0 Å². The number of hydrogen-bond acceptors (Lipinski definition) is 5. The fourth-order valence-electron chi connectivity index (χ4n) is 3.87. The second-order valence-electron chi connectivity index (χ2n) is 7.28. The normalized spacial score (nSPS) is 15.1. The summed E-state index contributed by atoms with van der Waals surface area (Å²) < 4.78 is 11.1. The first-order valence-electron chi connectivity index (χ1n) is 10.2. The second kappa shape index (κ2) is 9.50. The third kappa shape index (κ3) is 4.49. The molecule has 1 N–H and O–H groups in total. The van der Waals surface area contributed by atoms with E-state index < -0.39 is 0 Å². The highest BCUT2D eigenvalue weighted by Crippen LogP contribution is 2.28. The average molecular weight is 405 g/mol. The second-order valence-corrected chi connectivity index (χ2v) is 7.28. The van der Waals surface area contributed by atoms with Crippen molar-refractivity contribution in [3.63, 3.8) is 0 Å². The molecule has 6 nitrogen and oxygen atoms in total. The molecule has 4 rings (SSSR count). The number of benzene rings is 2. The molecule has 0 radical (unpaired) electrons. The van der Waals surface area contributed by atoms with Crippen LogP contribution in [-0.2, 0) is 4.79 Å². The number of nitrogens with zero attached hydrogens (tertiary/aromatic N) is 2. The molecular weight excluding hydrogens is 378 g/mol. The quantitative estimate of drug-likeness (QED) is 0.654. The van der Waals surface area contributed by atoms with Gasteiger partial charge in [-0.1, -0.05) is 42.5 Å². The Hall–Kier alpha value is -3.25. The molecule has 1 amide bonds. The van der Waals surface area contributed by atoms with Crippen LogP contribution in [0.2, 0.25) is 0 Å². The van der Waals surface area contributed by atoms with E-state index >= 15 is 0 Å². The molecule has 0 unspecified atom stereocenters. The van der Waals surface area contributed by atoms with Crippen LogP contribution in [0.5, 0.6) is 5.75 Å². The summed E-state index contributed by atoms with van der Waals surface area (Å²) in [5.41, 5.74) is 2.15. The summed E-state index contributed by atoms with van der Waals surface area (Å²) in [6, 6.07) is 21.7. The molecule has 0 spiro atoms. The number of hydrogen-bond donors (Lipinski definition) is 1. The summed E-state index contributed by atoms with van der Waals surface area (Å²) in [4.78, 5) is 17.0. The molecule has 2 heterocycles. The van der Waals surface area contributed by atoms with Gasteiger partial charge >= 0.3 is 0 Å². The van der Waals surface area contributed by atoms with Gasteiger partial charge in [-0.25, -0.2) is 0 Å². The fraction of sp³-hybridized carbons (Fsp3) is 0.292. The molecule has 1 atom stereocenters. The Morgan fingerprint density at radius 1 is 1.00 bits per heavy atom. The van der Waals surface area contributed by atoms with Gasteiger partial charge in [-0.05, 0) is 29.8 Å². The van der Waals surface area contributed by atoms with Gasteiger partial charge in [0.05, 0.1) is 31.6 Å². The van der Waals surface area contributed by atoms with Crippen LogP contribution >= 0.6 is 0 Å². The van der Waals surface area contributed by atoms with Crippen LogP contribution in [0.25, 0.3) is 0 Å². The van der Waals surface area contributed by atoms with Gasteiger partial charge in [-0.3, -0.25) is 10.1 Å². The van der Waals surface area contributed by atoms with Crippen LogP contribution in [0.4, 0.5) is 5.69 Å². The molecule has 0 bridgehead atoms. The van der Waals surface area contributed by atoms with E-state index in [1.54, 1.807) is 13.4 Å². The maximum Gasteiger partial charge on any atom is 0.236 e. The minimum atomic E-state index is -0.153. The number of para-hydroxylation sites is 2. The van der Waals surface area contributed by atoms with Gasteiger partial charge in [0, 0.05) is 26.2 Å². The molecule has 1 fully saturated rings. The van der Waals surface area contributed by atoms with Crippen LogP contribution < -0.4 is 15.0 Å². The number of rotatable bonds is 7. The van der Waals surface area contributed by atoms with Crippen LogP contribution in [0, 0.1) is 0 Å². The molecule has 1 aromatic heterocycles. The van der Waals surface area contributed by atoms with Crippen molar-refractivity contribution in [1.29, 1.82) is 0 Å². The standard InChI is InChI=1S/C24H27N3O3/c1-29-21-11-6-5-10-20(21)26-13-15-27(16-14-26)23(28)18-25-24(22-12-7-17-30-22)19-8-3-2-4-9-19/h2-12,17,24-25H,13-16,18H2,1H3/t24-/m0/s1. The number of furan rings is 1. The Morgan fingerprint density at radius 2 is 1.73 bits per heavy atom. The number of piperazine rings is 1. The lowest BCUT2D eigenvalue weighted by molar-refractivity contribution is -0.130. The Labute approximate surface area is 177 Å². The lowest BCUT2D eigenvalue weighted by Crippen LogP contribution is -2.51. The van der Waals surface area contributed by atoms with E-state index in [9.17, 15) is 4.79 Å². The smallest absolute Gasteiger partial charge is 0.236 e. The van der Waals surface area contributed by atoms with Crippen molar-refractivity contribution in [2.45, 2.75) is 6.04 Å². The largest absolute Gasteiger partial charge is 0.495 e. The topological polar surface area (TPSA) is 58.0 Å². The van der Waals surface area contributed by atoms with Gasteiger partial charge in [0.2, 0.25) is 5.91 Å². The number of carbonyl (C=O) groups is 1. The minimum absolute atomic E-state index is 0.0992. The van der Waals surface area contributed by atoms with Crippen molar-refractivity contribution in [2.24, 2.45) is 0 Å². The molecule has 1 saturated heterocycles. The summed E-state index contributed by atoms with van der Waals surface area (Å²) in [5.74, 6) is 1.76.